The van der Waals surface area contributed by atoms with Gasteiger partial charge in [-0.1, -0.05) is 31.2 Å². The van der Waals surface area contributed by atoms with Crippen LogP contribution in [0.15, 0.2) is 53.4 Å². The van der Waals surface area contributed by atoms with Gasteiger partial charge < -0.3 is 5.32 Å². The van der Waals surface area contributed by atoms with Gasteiger partial charge in [0, 0.05) is 17.8 Å². The van der Waals surface area contributed by atoms with Crippen molar-refractivity contribution in [2.24, 2.45) is 0 Å². The zero-order chi connectivity index (χ0) is 16.9. The summed E-state index contributed by atoms with van der Waals surface area (Å²) in [5.41, 5.74) is 1.58. The summed E-state index contributed by atoms with van der Waals surface area (Å²) in [5, 5.41) is 2.76. The minimum absolute atomic E-state index is 0.0635. The van der Waals surface area contributed by atoms with Crippen LogP contribution in [0.25, 0.3) is 0 Å². The Balaban J connectivity index is 2.30. The van der Waals surface area contributed by atoms with Gasteiger partial charge in [-0.25, -0.2) is 8.42 Å². The lowest BCUT2D eigenvalue weighted by atomic mass is 10.1. The fraction of sp³-hybridized carbons (Fsp3) is 0.235. The lowest BCUT2D eigenvalue weighted by Gasteiger charge is -2.11. The van der Waals surface area contributed by atoms with Crippen LogP contribution in [0.5, 0.6) is 0 Å². The number of hydrogen-bond donors (Lipinski definition) is 2. The number of para-hydroxylation sites is 1. The van der Waals surface area contributed by atoms with Crippen molar-refractivity contribution < 1.29 is 13.2 Å². The Morgan fingerprint density at radius 3 is 2.43 bits per heavy atom. The van der Waals surface area contributed by atoms with E-state index in [9.17, 15) is 13.2 Å². The summed E-state index contributed by atoms with van der Waals surface area (Å²) >= 11 is 0. The lowest BCUT2D eigenvalue weighted by Crippen LogP contribution is -2.25. The summed E-state index contributed by atoms with van der Waals surface area (Å²) in [6.07, 6.45) is 0.818. The molecule has 0 bridgehead atoms. The largest absolute Gasteiger partial charge is 0.352 e. The number of rotatable bonds is 6. The molecule has 1 amide bonds. The molecule has 0 saturated carbocycles. The normalized spacial score (nSPS) is 11.0. The van der Waals surface area contributed by atoms with Crippen LogP contribution < -0.4 is 10.0 Å². The predicted molar refractivity (Wildman–Crippen MR) is 91.1 cm³/mol. The molecule has 2 aromatic rings. The van der Waals surface area contributed by atoms with Gasteiger partial charge in [-0.2, -0.15) is 0 Å². The van der Waals surface area contributed by atoms with Gasteiger partial charge in [-0.15, -0.1) is 0 Å². The second kappa shape index (κ2) is 7.28. The van der Waals surface area contributed by atoms with E-state index in [0.29, 0.717) is 17.8 Å². The summed E-state index contributed by atoms with van der Waals surface area (Å²) in [7, 11) is -3.74. The smallest absolute Gasteiger partial charge is 0.261 e. The Labute approximate surface area is 136 Å². The first-order valence-corrected chi connectivity index (χ1v) is 8.89. The Kier molecular flexibility index (Phi) is 5.39. The van der Waals surface area contributed by atoms with E-state index in [-0.39, 0.29) is 10.8 Å². The zero-order valence-corrected chi connectivity index (χ0v) is 14.0. The first kappa shape index (κ1) is 17.0. The molecule has 2 N–H and O–H groups in total. The van der Waals surface area contributed by atoms with Crippen LogP contribution in [-0.4, -0.2) is 20.9 Å². The highest BCUT2D eigenvalue weighted by Crippen LogP contribution is 2.19. The Bertz CT molecular complexity index is 787. The first-order chi connectivity index (χ1) is 10.9. The third kappa shape index (κ3) is 4.32. The maximum atomic E-state index is 12.5. The molecule has 2 rings (SSSR count). The number of hydrogen-bond acceptors (Lipinski definition) is 3. The molecule has 0 heterocycles. The monoisotopic (exact) mass is 332 g/mol. The molecule has 0 fully saturated rings. The van der Waals surface area contributed by atoms with Crippen LogP contribution in [0, 0.1) is 6.92 Å². The van der Waals surface area contributed by atoms with E-state index < -0.39 is 10.0 Å². The van der Waals surface area contributed by atoms with Gasteiger partial charge in [0.2, 0.25) is 0 Å². The minimum Gasteiger partial charge on any atom is -0.352 e. The average Bonchev–Trinajstić information content (AvgIpc) is 2.53. The molecule has 0 spiro atoms. The Hall–Kier alpha value is -2.34. The minimum atomic E-state index is -3.74. The van der Waals surface area contributed by atoms with E-state index in [0.717, 1.165) is 12.0 Å². The highest BCUT2D eigenvalue weighted by atomic mass is 32.2. The fourth-order valence-electron chi connectivity index (χ4n) is 2.07. The predicted octanol–water partition coefficient (Wildman–Crippen LogP) is 2.94. The van der Waals surface area contributed by atoms with Crippen molar-refractivity contribution in [1.82, 2.24) is 5.32 Å². The molecule has 122 valence electrons. The fourth-order valence-corrected chi connectivity index (χ4v) is 3.15. The maximum Gasteiger partial charge on any atom is 0.261 e. The van der Waals surface area contributed by atoms with E-state index in [4.69, 9.17) is 0 Å². The maximum absolute atomic E-state index is 12.5. The van der Waals surface area contributed by atoms with Gasteiger partial charge in [0.1, 0.15) is 0 Å². The molecule has 2 aromatic carbocycles. The van der Waals surface area contributed by atoms with Crippen molar-refractivity contribution in [3.8, 4) is 0 Å². The molecule has 6 heteroatoms. The number of aryl methyl sites for hydroxylation is 1. The number of sulfonamides is 1. The molecule has 5 nitrogen and oxygen atoms in total. The van der Waals surface area contributed by atoms with Crippen molar-refractivity contribution in [3.63, 3.8) is 0 Å². The molecular formula is C17H20N2O3S. The van der Waals surface area contributed by atoms with Crippen molar-refractivity contribution in [2.45, 2.75) is 25.2 Å². The first-order valence-electron chi connectivity index (χ1n) is 7.41. The summed E-state index contributed by atoms with van der Waals surface area (Å²) < 4.78 is 27.4. The van der Waals surface area contributed by atoms with Gasteiger partial charge >= 0.3 is 0 Å². The van der Waals surface area contributed by atoms with E-state index in [1.807, 2.05) is 6.92 Å². The number of anilines is 1. The Morgan fingerprint density at radius 2 is 1.78 bits per heavy atom. The molecule has 0 radical (unpaired) electrons. The highest BCUT2D eigenvalue weighted by molar-refractivity contribution is 7.92. The number of carbonyl (C=O) groups excluding carboxylic acids is 1. The quantitative estimate of drug-likeness (QED) is 0.854. The molecule has 0 aliphatic heterocycles. The van der Waals surface area contributed by atoms with Crippen LogP contribution >= 0.6 is 0 Å². The number of nitrogens with one attached hydrogen (secondary N) is 2. The van der Waals surface area contributed by atoms with Crippen molar-refractivity contribution >= 4 is 21.6 Å². The molecule has 0 atom stereocenters. The number of carbonyl (C=O) groups is 1. The highest BCUT2D eigenvalue weighted by Gasteiger charge is 2.18. The molecule has 0 aromatic heterocycles. The second-order valence-electron chi connectivity index (χ2n) is 5.20. The average molecular weight is 332 g/mol. The van der Waals surface area contributed by atoms with Crippen molar-refractivity contribution in [2.75, 3.05) is 11.3 Å². The van der Waals surface area contributed by atoms with E-state index in [1.54, 1.807) is 43.3 Å². The van der Waals surface area contributed by atoms with E-state index in [1.165, 1.54) is 12.1 Å². The molecule has 0 unspecified atom stereocenters. The van der Waals surface area contributed by atoms with Gasteiger partial charge in [0.15, 0.2) is 0 Å². The zero-order valence-electron chi connectivity index (χ0n) is 13.2. The van der Waals surface area contributed by atoms with Crippen LogP contribution in [-0.2, 0) is 10.0 Å². The second-order valence-corrected chi connectivity index (χ2v) is 6.89. The molecule has 0 aliphatic carbocycles. The molecule has 23 heavy (non-hydrogen) atoms. The molecule has 0 aliphatic rings. The van der Waals surface area contributed by atoms with Crippen LogP contribution in [0.4, 0.5) is 5.69 Å². The van der Waals surface area contributed by atoms with E-state index >= 15 is 0 Å². The van der Waals surface area contributed by atoms with Gasteiger partial charge in [0.05, 0.1) is 4.90 Å². The standard InChI is InChI=1S/C17H20N2O3S/c1-3-11-18-17(20)16-12-15(10-9-13(16)2)23(21,22)19-14-7-5-4-6-8-14/h4-10,12,19H,3,11H2,1-2H3,(H,18,20). The summed E-state index contributed by atoms with van der Waals surface area (Å²) in [6, 6.07) is 13.2. The van der Waals surface area contributed by atoms with Crippen molar-refractivity contribution in [3.05, 3.63) is 59.7 Å². The van der Waals surface area contributed by atoms with E-state index in [2.05, 4.69) is 10.0 Å². The van der Waals surface area contributed by atoms with Crippen LogP contribution in [0.2, 0.25) is 0 Å². The SMILES string of the molecule is CCCNC(=O)c1cc(S(=O)(=O)Nc2ccccc2)ccc1C. The third-order valence-electron chi connectivity index (χ3n) is 3.33. The summed E-state index contributed by atoms with van der Waals surface area (Å²) in [5.74, 6) is -0.263. The Morgan fingerprint density at radius 1 is 1.09 bits per heavy atom. The molecular weight excluding hydrogens is 312 g/mol. The van der Waals surface area contributed by atoms with Gasteiger partial charge in [-0.3, -0.25) is 9.52 Å². The van der Waals surface area contributed by atoms with Crippen LogP contribution in [0.3, 0.4) is 0 Å². The summed E-state index contributed by atoms with van der Waals surface area (Å²) in [4.78, 5) is 12.2. The summed E-state index contributed by atoms with van der Waals surface area (Å²) in [6.45, 7) is 4.29. The number of benzene rings is 2. The van der Waals surface area contributed by atoms with Crippen LogP contribution in [0.1, 0.15) is 29.3 Å². The van der Waals surface area contributed by atoms with Gasteiger partial charge in [0.25, 0.3) is 15.9 Å². The number of amides is 1. The molecule has 0 saturated heterocycles. The van der Waals surface area contributed by atoms with Gasteiger partial charge in [-0.05, 0) is 43.2 Å². The van der Waals surface area contributed by atoms with Crippen molar-refractivity contribution in [1.29, 1.82) is 0 Å². The topological polar surface area (TPSA) is 75.3 Å². The third-order valence-corrected chi connectivity index (χ3v) is 4.70. The lowest BCUT2D eigenvalue weighted by molar-refractivity contribution is 0.0953.